The molecular formula is C11H11ClN4O3. The number of hydrogen-bond donors (Lipinski definition) is 1. The minimum absolute atomic E-state index is 0.0987. The van der Waals surface area contributed by atoms with Gasteiger partial charge in [0, 0.05) is 18.2 Å². The Hall–Kier alpha value is -2.15. The summed E-state index contributed by atoms with van der Waals surface area (Å²) in [5.74, 6) is 0.980. The number of nitro groups is 1. The molecule has 2 rings (SSSR count). The summed E-state index contributed by atoms with van der Waals surface area (Å²) in [4.78, 5) is 10.2. The van der Waals surface area contributed by atoms with E-state index in [4.69, 9.17) is 16.0 Å². The Morgan fingerprint density at radius 1 is 1.42 bits per heavy atom. The lowest BCUT2D eigenvalue weighted by atomic mass is 10.3. The lowest BCUT2D eigenvalue weighted by molar-refractivity contribution is -0.384. The Labute approximate surface area is 113 Å². The van der Waals surface area contributed by atoms with Crippen molar-refractivity contribution in [3.63, 3.8) is 0 Å². The third kappa shape index (κ3) is 3.19. The van der Waals surface area contributed by atoms with Crippen LogP contribution in [0, 0.1) is 10.1 Å². The van der Waals surface area contributed by atoms with E-state index in [0.29, 0.717) is 30.4 Å². The smallest absolute Gasteiger partial charge is 0.289 e. The van der Waals surface area contributed by atoms with Crippen molar-refractivity contribution in [1.82, 2.24) is 10.2 Å². The number of rotatable bonds is 5. The zero-order chi connectivity index (χ0) is 13.8. The molecule has 100 valence electrons. The van der Waals surface area contributed by atoms with Gasteiger partial charge in [0.2, 0.25) is 11.8 Å². The van der Waals surface area contributed by atoms with Crippen molar-refractivity contribution in [3.05, 3.63) is 45.1 Å². The molecule has 1 heterocycles. The van der Waals surface area contributed by atoms with Crippen molar-refractivity contribution >= 4 is 23.0 Å². The van der Waals surface area contributed by atoms with Crippen LogP contribution in [0.2, 0.25) is 5.02 Å². The quantitative estimate of drug-likeness (QED) is 0.669. The monoisotopic (exact) mass is 282 g/mol. The average molecular weight is 283 g/mol. The van der Waals surface area contributed by atoms with Gasteiger partial charge in [0.05, 0.1) is 11.5 Å². The van der Waals surface area contributed by atoms with Gasteiger partial charge in [-0.05, 0) is 12.1 Å². The summed E-state index contributed by atoms with van der Waals surface area (Å²) in [5, 5.41) is 21.5. The maximum absolute atomic E-state index is 10.7. The van der Waals surface area contributed by atoms with E-state index in [1.54, 1.807) is 6.07 Å². The molecule has 0 saturated heterocycles. The number of nitro benzene ring substituents is 1. The van der Waals surface area contributed by atoms with Crippen molar-refractivity contribution in [3.8, 4) is 0 Å². The average Bonchev–Trinajstić information content (AvgIpc) is 2.85. The van der Waals surface area contributed by atoms with Crippen LogP contribution in [0.5, 0.6) is 0 Å². The molecule has 0 radical (unpaired) electrons. The highest BCUT2D eigenvalue weighted by molar-refractivity contribution is 6.32. The summed E-state index contributed by atoms with van der Waals surface area (Å²) in [6, 6.07) is 4.47. The van der Waals surface area contributed by atoms with E-state index in [2.05, 4.69) is 15.5 Å². The number of benzene rings is 1. The number of nitrogens with one attached hydrogen (secondary N) is 1. The zero-order valence-corrected chi connectivity index (χ0v) is 10.8. The molecule has 1 N–H and O–H groups in total. The van der Waals surface area contributed by atoms with Gasteiger partial charge in [0.1, 0.15) is 5.02 Å². The number of anilines is 1. The van der Waals surface area contributed by atoms with Crippen molar-refractivity contribution in [2.24, 2.45) is 0 Å². The molecule has 7 nitrogen and oxygen atoms in total. The summed E-state index contributed by atoms with van der Waals surface area (Å²) in [6.45, 7) is 2.21. The lowest BCUT2D eigenvalue weighted by Crippen LogP contribution is -2.00. The Kier molecular flexibility index (Phi) is 3.96. The van der Waals surface area contributed by atoms with Crippen LogP contribution in [-0.4, -0.2) is 15.1 Å². The van der Waals surface area contributed by atoms with Crippen molar-refractivity contribution in [2.75, 3.05) is 5.32 Å². The second kappa shape index (κ2) is 5.66. The molecule has 0 aliphatic heterocycles. The van der Waals surface area contributed by atoms with Crippen LogP contribution in [0.1, 0.15) is 18.7 Å². The van der Waals surface area contributed by atoms with E-state index in [1.165, 1.54) is 12.1 Å². The summed E-state index contributed by atoms with van der Waals surface area (Å²) in [5.41, 5.74) is 0.416. The van der Waals surface area contributed by atoms with Gasteiger partial charge in [0.25, 0.3) is 5.69 Å². The molecule has 0 fully saturated rings. The molecule has 0 spiro atoms. The second-order valence-corrected chi connectivity index (χ2v) is 4.13. The molecule has 0 aliphatic rings. The fraction of sp³-hybridized carbons (Fsp3) is 0.273. The molecule has 1 aromatic heterocycles. The van der Waals surface area contributed by atoms with Gasteiger partial charge in [-0.3, -0.25) is 10.1 Å². The molecule has 0 bridgehead atoms. The van der Waals surface area contributed by atoms with Crippen LogP contribution in [0.25, 0.3) is 0 Å². The second-order valence-electron chi connectivity index (χ2n) is 3.72. The van der Waals surface area contributed by atoms with Gasteiger partial charge >= 0.3 is 0 Å². The summed E-state index contributed by atoms with van der Waals surface area (Å²) < 4.78 is 5.31. The predicted molar refractivity (Wildman–Crippen MR) is 69.1 cm³/mol. The molecule has 0 atom stereocenters. The molecule has 0 amide bonds. The fourth-order valence-corrected chi connectivity index (χ4v) is 1.63. The molecule has 2 aromatic rings. The van der Waals surface area contributed by atoms with Gasteiger partial charge in [-0.2, -0.15) is 0 Å². The number of aromatic nitrogens is 2. The Morgan fingerprint density at radius 2 is 2.16 bits per heavy atom. The topological polar surface area (TPSA) is 94.1 Å². The van der Waals surface area contributed by atoms with E-state index < -0.39 is 4.92 Å². The lowest BCUT2D eigenvalue weighted by Gasteiger charge is -2.03. The third-order valence-corrected chi connectivity index (χ3v) is 2.72. The van der Waals surface area contributed by atoms with E-state index in [-0.39, 0.29) is 10.7 Å². The van der Waals surface area contributed by atoms with Crippen LogP contribution < -0.4 is 5.32 Å². The standard InChI is InChI=1S/C11H11ClN4O3/c1-2-10-14-15-11(19-10)6-13-7-3-4-8(12)9(5-7)16(17)18/h3-5,13H,2,6H2,1H3. The number of hydrogen-bond acceptors (Lipinski definition) is 6. The first-order valence-electron chi connectivity index (χ1n) is 5.59. The number of halogens is 1. The highest BCUT2D eigenvalue weighted by Crippen LogP contribution is 2.27. The largest absolute Gasteiger partial charge is 0.423 e. The van der Waals surface area contributed by atoms with E-state index in [0.717, 1.165) is 0 Å². The summed E-state index contributed by atoms with van der Waals surface area (Å²) in [7, 11) is 0. The normalized spacial score (nSPS) is 10.4. The molecule has 8 heteroatoms. The van der Waals surface area contributed by atoms with Crippen LogP contribution in [-0.2, 0) is 13.0 Å². The first kappa shape index (κ1) is 13.3. The maximum atomic E-state index is 10.7. The van der Waals surface area contributed by atoms with Gasteiger partial charge in [-0.25, -0.2) is 0 Å². The Bertz CT molecular complexity index is 599. The first-order valence-corrected chi connectivity index (χ1v) is 5.97. The van der Waals surface area contributed by atoms with Gasteiger partial charge in [0.15, 0.2) is 0 Å². The van der Waals surface area contributed by atoms with Gasteiger partial charge < -0.3 is 9.73 Å². The van der Waals surface area contributed by atoms with Crippen LogP contribution in [0.3, 0.4) is 0 Å². The van der Waals surface area contributed by atoms with Crippen molar-refractivity contribution in [2.45, 2.75) is 19.9 Å². The van der Waals surface area contributed by atoms with E-state index in [9.17, 15) is 10.1 Å². The van der Waals surface area contributed by atoms with Gasteiger partial charge in [-0.1, -0.05) is 18.5 Å². The van der Waals surface area contributed by atoms with Crippen LogP contribution in [0.4, 0.5) is 11.4 Å². The minimum Gasteiger partial charge on any atom is -0.423 e. The summed E-state index contributed by atoms with van der Waals surface area (Å²) in [6.07, 6.45) is 0.666. The first-order chi connectivity index (χ1) is 9.10. The maximum Gasteiger partial charge on any atom is 0.289 e. The molecule has 0 aliphatic carbocycles. The molecule has 0 unspecified atom stereocenters. The fourth-order valence-electron chi connectivity index (χ4n) is 1.44. The van der Waals surface area contributed by atoms with Crippen molar-refractivity contribution in [1.29, 1.82) is 0 Å². The third-order valence-electron chi connectivity index (χ3n) is 2.40. The Morgan fingerprint density at radius 3 is 2.79 bits per heavy atom. The molecule has 0 saturated carbocycles. The highest BCUT2D eigenvalue weighted by Gasteiger charge is 2.13. The predicted octanol–water partition coefficient (Wildman–Crippen LogP) is 2.81. The molecule has 1 aromatic carbocycles. The molecular weight excluding hydrogens is 272 g/mol. The Balaban J connectivity index is 2.07. The highest BCUT2D eigenvalue weighted by atomic mass is 35.5. The SMILES string of the molecule is CCc1nnc(CNc2ccc(Cl)c([N+](=O)[O-])c2)o1. The number of aryl methyl sites for hydroxylation is 1. The zero-order valence-electron chi connectivity index (χ0n) is 10.1. The van der Waals surface area contributed by atoms with Crippen molar-refractivity contribution < 1.29 is 9.34 Å². The van der Waals surface area contributed by atoms with E-state index in [1.807, 2.05) is 6.92 Å². The summed E-state index contributed by atoms with van der Waals surface area (Å²) >= 11 is 5.72. The van der Waals surface area contributed by atoms with E-state index >= 15 is 0 Å². The van der Waals surface area contributed by atoms with Crippen LogP contribution in [0.15, 0.2) is 22.6 Å². The minimum atomic E-state index is -0.532. The van der Waals surface area contributed by atoms with Crippen LogP contribution >= 0.6 is 11.6 Å². The van der Waals surface area contributed by atoms with Gasteiger partial charge in [-0.15, -0.1) is 10.2 Å². The molecule has 19 heavy (non-hydrogen) atoms. The number of nitrogens with zero attached hydrogens (tertiary/aromatic N) is 3.